The van der Waals surface area contributed by atoms with Gasteiger partial charge in [0.25, 0.3) is 5.56 Å². The van der Waals surface area contributed by atoms with E-state index in [1.165, 1.54) is 18.4 Å². The van der Waals surface area contributed by atoms with E-state index in [0.29, 0.717) is 11.3 Å². The van der Waals surface area contributed by atoms with Crippen LogP contribution in [0.3, 0.4) is 0 Å². The van der Waals surface area contributed by atoms with Crippen LogP contribution in [0.15, 0.2) is 29.5 Å². The van der Waals surface area contributed by atoms with Crippen molar-refractivity contribution in [2.24, 2.45) is 0 Å². The Kier molecular flexibility index (Phi) is 1.48. The van der Waals surface area contributed by atoms with Crippen LogP contribution in [0, 0.1) is 0 Å². The lowest BCUT2D eigenvalue weighted by atomic mass is 10.1. The highest BCUT2D eigenvalue weighted by atomic mass is 16.1. The Balaban J connectivity index is 2.41. The van der Waals surface area contributed by atoms with Crippen molar-refractivity contribution in [2.75, 3.05) is 0 Å². The first-order valence-electron chi connectivity index (χ1n) is 4.81. The highest BCUT2D eigenvalue weighted by Crippen LogP contribution is 2.42. The number of nitrogens with one attached hydrogen (secondary N) is 1. The topological polar surface area (TPSA) is 45.8 Å². The number of pyridine rings is 2. The summed E-state index contributed by atoms with van der Waals surface area (Å²) in [6.45, 7) is 0. The van der Waals surface area contributed by atoms with Gasteiger partial charge in [-0.05, 0) is 35.8 Å². The summed E-state index contributed by atoms with van der Waals surface area (Å²) in [6, 6.07) is 1.96. The normalized spacial score (nSPS) is 16.0. The van der Waals surface area contributed by atoms with Gasteiger partial charge in [0.1, 0.15) is 0 Å². The molecule has 1 fully saturated rings. The van der Waals surface area contributed by atoms with Gasteiger partial charge >= 0.3 is 0 Å². The Morgan fingerprint density at radius 2 is 2.14 bits per heavy atom. The van der Waals surface area contributed by atoms with E-state index >= 15 is 0 Å². The third-order valence-electron chi connectivity index (χ3n) is 2.74. The summed E-state index contributed by atoms with van der Waals surface area (Å²) in [6.07, 6.45) is 7.69. The minimum atomic E-state index is -0.0440. The third-order valence-corrected chi connectivity index (χ3v) is 2.74. The first kappa shape index (κ1) is 7.74. The summed E-state index contributed by atoms with van der Waals surface area (Å²) in [5.41, 5.74) is 1.19. The van der Waals surface area contributed by atoms with Gasteiger partial charge in [-0.25, -0.2) is 0 Å². The average Bonchev–Trinajstić information content (AvgIpc) is 3.01. The van der Waals surface area contributed by atoms with Crippen LogP contribution in [-0.2, 0) is 0 Å². The van der Waals surface area contributed by atoms with E-state index in [9.17, 15) is 4.79 Å². The van der Waals surface area contributed by atoms with Crippen molar-refractivity contribution in [3.05, 3.63) is 40.6 Å². The summed E-state index contributed by atoms with van der Waals surface area (Å²) in [5.74, 6) is 0.632. The molecule has 1 aliphatic carbocycles. The Morgan fingerprint density at radius 1 is 1.29 bits per heavy atom. The SMILES string of the molecule is O=c1[nH]ccc2c(C3CC3)cncc12. The molecule has 0 aliphatic heterocycles. The fourth-order valence-corrected chi connectivity index (χ4v) is 1.85. The van der Waals surface area contributed by atoms with Crippen LogP contribution in [0.1, 0.15) is 24.3 Å². The molecule has 0 amide bonds. The van der Waals surface area contributed by atoms with Gasteiger partial charge in [-0.1, -0.05) is 0 Å². The Labute approximate surface area is 80.8 Å². The third kappa shape index (κ3) is 1.05. The molecule has 2 aromatic rings. The van der Waals surface area contributed by atoms with Crippen molar-refractivity contribution in [2.45, 2.75) is 18.8 Å². The highest BCUT2D eigenvalue weighted by molar-refractivity contribution is 5.84. The lowest BCUT2D eigenvalue weighted by Crippen LogP contribution is -2.05. The van der Waals surface area contributed by atoms with E-state index in [1.807, 2.05) is 12.3 Å². The molecule has 0 radical (unpaired) electrons. The minimum absolute atomic E-state index is 0.0440. The standard InChI is InChI=1S/C11H10N2O/c14-11-10-6-12-5-9(7-1-2-7)8(10)3-4-13-11/h3-7H,1-2H2,(H,13,14). The molecule has 0 atom stereocenters. The van der Waals surface area contributed by atoms with Gasteiger partial charge < -0.3 is 4.98 Å². The second-order valence-electron chi connectivity index (χ2n) is 3.77. The lowest BCUT2D eigenvalue weighted by molar-refractivity contribution is 1.11. The van der Waals surface area contributed by atoms with Crippen molar-refractivity contribution < 1.29 is 0 Å². The van der Waals surface area contributed by atoms with E-state index in [-0.39, 0.29) is 5.56 Å². The van der Waals surface area contributed by atoms with Crippen LogP contribution >= 0.6 is 0 Å². The van der Waals surface area contributed by atoms with Crippen LogP contribution in [0.2, 0.25) is 0 Å². The van der Waals surface area contributed by atoms with Gasteiger partial charge in [0.05, 0.1) is 5.39 Å². The average molecular weight is 186 g/mol. The fourth-order valence-electron chi connectivity index (χ4n) is 1.85. The number of H-pyrrole nitrogens is 1. The van der Waals surface area contributed by atoms with Crippen molar-refractivity contribution >= 4 is 10.8 Å². The molecule has 14 heavy (non-hydrogen) atoms. The lowest BCUT2D eigenvalue weighted by Gasteiger charge is -2.02. The largest absolute Gasteiger partial charge is 0.329 e. The number of hydrogen-bond donors (Lipinski definition) is 1. The van der Waals surface area contributed by atoms with Crippen molar-refractivity contribution in [1.29, 1.82) is 0 Å². The number of nitrogens with zero attached hydrogens (tertiary/aromatic N) is 1. The molecular weight excluding hydrogens is 176 g/mol. The molecule has 1 N–H and O–H groups in total. The molecular formula is C11H10N2O. The van der Waals surface area contributed by atoms with Crippen LogP contribution < -0.4 is 5.56 Å². The zero-order valence-corrected chi connectivity index (χ0v) is 7.66. The van der Waals surface area contributed by atoms with Gasteiger partial charge in [-0.15, -0.1) is 0 Å². The van der Waals surface area contributed by atoms with Gasteiger partial charge in [0.15, 0.2) is 0 Å². The van der Waals surface area contributed by atoms with Crippen molar-refractivity contribution in [3.8, 4) is 0 Å². The zero-order chi connectivity index (χ0) is 9.54. The first-order chi connectivity index (χ1) is 6.86. The van der Waals surface area contributed by atoms with Crippen LogP contribution in [0.4, 0.5) is 0 Å². The number of hydrogen-bond acceptors (Lipinski definition) is 2. The quantitative estimate of drug-likeness (QED) is 0.738. The molecule has 0 bridgehead atoms. The summed E-state index contributed by atoms with van der Waals surface area (Å²) < 4.78 is 0. The second kappa shape index (κ2) is 2.67. The number of aromatic nitrogens is 2. The van der Waals surface area contributed by atoms with E-state index in [4.69, 9.17) is 0 Å². The molecule has 1 aliphatic rings. The molecule has 2 aromatic heterocycles. The van der Waals surface area contributed by atoms with Crippen LogP contribution in [-0.4, -0.2) is 9.97 Å². The summed E-state index contributed by atoms with van der Waals surface area (Å²) in [4.78, 5) is 18.3. The zero-order valence-electron chi connectivity index (χ0n) is 7.66. The number of fused-ring (bicyclic) bond motifs is 1. The summed E-state index contributed by atoms with van der Waals surface area (Å²) >= 11 is 0. The van der Waals surface area contributed by atoms with Gasteiger partial charge in [0, 0.05) is 18.6 Å². The maximum Gasteiger partial charge on any atom is 0.257 e. The Bertz CT molecular complexity index is 540. The van der Waals surface area contributed by atoms with E-state index < -0.39 is 0 Å². The molecule has 0 spiro atoms. The molecule has 1 saturated carbocycles. The Morgan fingerprint density at radius 3 is 2.93 bits per heavy atom. The molecule has 70 valence electrons. The van der Waals surface area contributed by atoms with E-state index in [2.05, 4.69) is 9.97 Å². The van der Waals surface area contributed by atoms with Crippen molar-refractivity contribution in [1.82, 2.24) is 9.97 Å². The van der Waals surface area contributed by atoms with Crippen LogP contribution in [0.25, 0.3) is 10.8 Å². The summed E-state index contributed by atoms with van der Waals surface area (Å²) in [7, 11) is 0. The fraction of sp³-hybridized carbons (Fsp3) is 0.273. The second-order valence-corrected chi connectivity index (χ2v) is 3.77. The minimum Gasteiger partial charge on any atom is -0.329 e. The molecule has 2 heterocycles. The number of rotatable bonds is 1. The smallest absolute Gasteiger partial charge is 0.257 e. The monoisotopic (exact) mass is 186 g/mol. The van der Waals surface area contributed by atoms with Gasteiger partial charge in [-0.3, -0.25) is 9.78 Å². The Hall–Kier alpha value is -1.64. The maximum atomic E-state index is 11.5. The first-order valence-corrected chi connectivity index (χ1v) is 4.81. The summed E-state index contributed by atoms with van der Waals surface area (Å²) in [5, 5.41) is 1.77. The molecule has 0 aromatic carbocycles. The number of aromatic amines is 1. The van der Waals surface area contributed by atoms with Gasteiger partial charge in [0.2, 0.25) is 0 Å². The highest BCUT2D eigenvalue weighted by Gasteiger charge is 2.25. The predicted octanol–water partition coefficient (Wildman–Crippen LogP) is 1.80. The molecule has 3 nitrogen and oxygen atoms in total. The van der Waals surface area contributed by atoms with Crippen LogP contribution in [0.5, 0.6) is 0 Å². The molecule has 0 unspecified atom stereocenters. The van der Waals surface area contributed by atoms with Crippen molar-refractivity contribution in [3.63, 3.8) is 0 Å². The molecule has 3 heteroatoms. The van der Waals surface area contributed by atoms with E-state index in [0.717, 1.165) is 5.39 Å². The predicted molar refractivity (Wildman–Crippen MR) is 54.3 cm³/mol. The maximum absolute atomic E-state index is 11.5. The molecule has 3 rings (SSSR count). The van der Waals surface area contributed by atoms with Gasteiger partial charge in [-0.2, -0.15) is 0 Å². The van der Waals surface area contributed by atoms with E-state index in [1.54, 1.807) is 12.4 Å². The molecule has 0 saturated heterocycles.